The monoisotopic (exact) mass is 492 g/mol. The van der Waals surface area contributed by atoms with E-state index in [4.69, 9.17) is 0 Å². The van der Waals surface area contributed by atoms with Crippen molar-refractivity contribution in [3.63, 3.8) is 0 Å². The van der Waals surface area contributed by atoms with Crippen LogP contribution in [-0.2, 0) is 12.1 Å². The average Bonchev–Trinajstić information content (AvgIpc) is 3.50. The van der Waals surface area contributed by atoms with Gasteiger partial charge in [0.15, 0.2) is 18.0 Å². The molecule has 1 aliphatic rings. The number of aromatic amines is 1. The molecule has 0 aliphatic carbocycles. The quantitative estimate of drug-likeness (QED) is 0.276. The average molecular weight is 493 g/mol. The van der Waals surface area contributed by atoms with Crippen molar-refractivity contribution in [3.8, 4) is 0 Å². The molecule has 3 aromatic heterocycles. The lowest BCUT2D eigenvalue weighted by atomic mass is 10.0. The Hall–Kier alpha value is -2.89. The largest absolute Gasteiger partial charge is 0.365 e. The predicted octanol–water partition coefficient (Wildman–Crippen LogP) is 3.69. The zero-order chi connectivity index (χ0) is 24.7. The van der Waals surface area contributed by atoms with Gasteiger partial charge in [0.1, 0.15) is 5.82 Å². The molecular formula is C25H32N8OS. The summed E-state index contributed by atoms with van der Waals surface area (Å²) in [7, 11) is 4.08. The molecule has 4 heterocycles. The Morgan fingerprint density at radius 1 is 1.17 bits per heavy atom. The molecule has 1 aromatic carbocycles. The third-order valence-corrected chi connectivity index (χ3v) is 7.48. The van der Waals surface area contributed by atoms with Crippen LogP contribution in [0, 0.1) is 6.92 Å². The number of aliphatic hydroxyl groups is 1. The fourth-order valence-corrected chi connectivity index (χ4v) is 5.56. The molecule has 0 spiro atoms. The number of benzene rings is 1. The highest BCUT2D eigenvalue weighted by Gasteiger charge is 2.44. The van der Waals surface area contributed by atoms with Crippen molar-refractivity contribution in [3.05, 3.63) is 64.4 Å². The highest BCUT2D eigenvalue weighted by atomic mass is 32.1. The summed E-state index contributed by atoms with van der Waals surface area (Å²) in [5.41, 5.74) is 3.62. The lowest BCUT2D eigenvalue weighted by molar-refractivity contribution is -0.0833. The number of thiophene rings is 1. The van der Waals surface area contributed by atoms with Gasteiger partial charge < -0.3 is 15.3 Å². The fraction of sp³-hybridized carbons (Fsp3) is 0.400. The van der Waals surface area contributed by atoms with Crippen molar-refractivity contribution in [2.75, 3.05) is 26.0 Å². The topological polar surface area (TPSA) is 105 Å². The molecule has 9 nitrogen and oxygen atoms in total. The smallest absolute Gasteiger partial charge is 0.164 e. The van der Waals surface area contributed by atoms with E-state index in [1.165, 1.54) is 0 Å². The number of rotatable bonds is 8. The predicted molar refractivity (Wildman–Crippen MR) is 139 cm³/mol. The first-order valence-electron chi connectivity index (χ1n) is 11.7. The maximum atomic E-state index is 11.4. The van der Waals surface area contributed by atoms with Crippen LogP contribution in [0.3, 0.4) is 0 Å². The third-order valence-electron chi connectivity index (χ3n) is 6.57. The molecule has 0 amide bonds. The van der Waals surface area contributed by atoms with Crippen LogP contribution in [0.1, 0.15) is 42.5 Å². The maximum Gasteiger partial charge on any atom is 0.164 e. The Morgan fingerprint density at radius 3 is 2.69 bits per heavy atom. The first-order chi connectivity index (χ1) is 16.7. The van der Waals surface area contributed by atoms with E-state index in [0.717, 1.165) is 45.2 Å². The number of aryl methyl sites for hydroxylation is 1. The van der Waals surface area contributed by atoms with Gasteiger partial charge >= 0.3 is 0 Å². The molecule has 0 fully saturated rings. The Balaban J connectivity index is 1.39. The summed E-state index contributed by atoms with van der Waals surface area (Å²) in [6.45, 7) is 7.39. The number of nitrogens with zero attached hydrogens (tertiary/aromatic N) is 5. The minimum Gasteiger partial charge on any atom is -0.365 e. The van der Waals surface area contributed by atoms with Crippen LogP contribution in [0.4, 0.5) is 11.6 Å². The molecule has 5 rings (SSSR count). The molecule has 184 valence electrons. The van der Waals surface area contributed by atoms with E-state index in [1.807, 2.05) is 50.7 Å². The minimum atomic E-state index is -0.853. The summed E-state index contributed by atoms with van der Waals surface area (Å²) >= 11 is 1.60. The van der Waals surface area contributed by atoms with Crippen molar-refractivity contribution >= 4 is 33.2 Å². The highest BCUT2D eigenvalue weighted by Crippen LogP contribution is 2.42. The molecule has 10 heteroatoms. The lowest BCUT2D eigenvalue weighted by Gasteiger charge is -2.38. The molecule has 1 aliphatic heterocycles. The second kappa shape index (κ2) is 9.29. The van der Waals surface area contributed by atoms with Crippen LogP contribution in [0.15, 0.2) is 41.8 Å². The number of fused-ring (bicyclic) bond motifs is 2. The number of nitrogens with one attached hydrogen (secondary N) is 3. The first-order valence-corrected chi connectivity index (χ1v) is 12.6. The fourth-order valence-electron chi connectivity index (χ4n) is 4.78. The molecule has 0 saturated carbocycles. The Kier molecular flexibility index (Phi) is 6.32. The number of anilines is 2. The summed E-state index contributed by atoms with van der Waals surface area (Å²) in [6, 6.07) is 12.2. The Morgan fingerprint density at radius 2 is 1.94 bits per heavy atom. The standard InChI is InChI=1S/C25H32N8OS/c1-15-26-18-11-12-35-20(18)23(27-15)29-22-17-13-33(25(2,3)21(17)30-31-22)24(34)28-19(14-32(4)5)16-9-7-6-8-10-16/h6-12,19,24,28,34H,13-14H2,1-5H3,(H2,26,27,29,30,31). The molecule has 0 radical (unpaired) electrons. The van der Waals surface area contributed by atoms with Crippen LogP contribution in [0.25, 0.3) is 10.2 Å². The van der Waals surface area contributed by atoms with E-state index < -0.39 is 11.9 Å². The molecular weight excluding hydrogens is 460 g/mol. The second-order valence-electron chi connectivity index (χ2n) is 9.76. The summed E-state index contributed by atoms with van der Waals surface area (Å²) in [4.78, 5) is 13.3. The number of hydrogen-bond acceptors (Lipinski definition) is 9. The van der Waals surface area contributed by atoms with Crippen molar-refractivity contribution in [2.45, 2.75) is 45.2 Å². The van der Waals surface area contributed by atoms with Crippen molar-refractivity contribution in [1.29, 1.82) is 0 Å². The number of aromatic nitrogens is 4. The molecule has 35 heavy (non-hydrogen) atoms. The van der Waals surface area contributed by atoms with E-state index in [9.17, 15) is 5.11 Å². The van der Waals surface area contributed by atoms with E-state index in [2.05, 4.69) is 66.6 Å². The number of likely N-dealkylation sites (N-methyl/N-ethyl adjacent to an activating group) is 1. The van der Waals surface area contributed by atoms with Crippen molar-refractivity contribution in [1.82, 2.24) is 35.3 Å². The van der Waals surface area contributed by atoms with E-state index >= 15 is 0 Å². The van der Waals surface area contributed by atoms with E-state index in [-0.39, 0.29) is 6.04 Å². The molecule has 0 bridgehead atoms. The van der Waals surface area contributed by atoms with Gasteiger partial charge in [0, 0.05) is 24.7 Å². The van der Waals surface area contributed by atoms with E-state index in [1.54, 1.807) is 11.3 Å². The zero-order valence-corrected chi connectivity index (χ0v) is 21.5. The third kappa shape index (κ3) is 4.55. The van der Waals surface area contributed by atoms with Gasteiger partial charge in [0.25, 0.3) is 0 Å². The van der Waals surface area contributed by atoms with Gasteiger partial charge in [-0.05, 0) is 51.9 Å². The van der Waals surface area contributed by atoms with Gasteiger partial charge in [-0.2, -0.15) is 5.10 Å². The van der Waals surface area contributed by atoms with Gasteiger partial charge in [-0.1, -0.05) is 30.3 Å². The van der Waals surface area contributed by atoms with Gasteiger partial charge in [0.2, 0.25) is 0 Å². The Labute approximate surface area is 209 Å². The van der Waals surface area contributed by atoms with Crippen LogP contribution in [0.5, 0.6) is 0 Å². The second-order valence-corrected chi connectivity index (χ2v) is 10.7. The lowest BCUT2D eigenvalue weighted by Crippen LogP contribution is -2.52. The summed E-state index contributed by atoms with van der Waals surface area (Å²) in [5.74, 6) is 2.19. The maximum absolute atomic E-state index is 11.4. The molecule has 0 saturated heterocycles. The van der Waals surface area contributed by atoms with Gasteiger partial charge in [-0.25, -0.2) is 9.97 Å². The van der Waals surface area contributed by atoms with Gasteiger partial charge in [-0.15, -0.1) is 11.3 Å². The van der Waals surface area contributed by atoms with Crippen LogP contribution >= 0.6 is 11.3 Å². The molecule has 4 N–H and O–H groups in total. The van der Waals surface area contributed by atoms with E-state index in [0.29, 0.717) is 12.4 Å². The number of aliphatic hydroxyl groups excluding tert-OH is 1. The molecule has 4 aromatic rings. The van der Waals surface area contributed by atoms with Crippen LogP contribution < -0.4 is 10.6 Å². The highest BCUT2D eigenvalue weighted by molar-refractivity contribution is 7.17. The summed E-state index contributed by atoms with van der Waals surface area (Å²) in [5, 5.41) is 28.0. The van der Waals surface area contributed by atoms with Crippen molar-refractivity contribution < 1.29 is 5.11 Å². The van der Waals surface area contributed by atoms with Crippen molar-refractivity contribution in [2.24, 2.45) is 0 Å². The minimum absolute atomic E-state index is 0.0252. The van der Waals surface area contributed by atoms with Gasteiger partial charge in [-0.3, -0.25) is 15.3 Å². The number of H-pyrrole nitrogens is 1. The molecule has 2 unspecified atom stereocenters. The van der Waals surface area contributed by atoms with Crippen LogP contribution in [0.2, 0.25) is 0 Å². The zero-order valence-electron chi connectivity index (χ0n) is 20.7. The Bertz CT molecular complexity index is 1320. The normalized spacial score (nSPS) is 17.1. The summed E-state index contributed by atoms with van der Waals surface area (Å²) < 4.78 is 0.998. The molecule has 2 atom stereocenters. The number of hydrogen-bond donors (Lipinski definition) is 4. The van der Waals surface area contributed by atoms with Crippen LogP contribution in [-0.4, -0.2) is 62.1 Å². The SMILES string of the molecule is Cc1nc(Nc2n[nH]c3c2CN(C(O)NC(CN(C)C)c2ccccc2)C3(C)C)c2sccc2n1. The summed E-state index contributed by atoms with van der Waals surface area (Å²) in [6.07, 6.45) is -0.853. The first kappa shape index (κ1) is 23.8. The van der Waals surface area contributed by atoms with Gasteiger partial charge in [0.05, 0.1) is 21.4 Å².